The lowest BCUT2D eigenvalue weighted by Crippen LogP contribution is -2.05. The van der Waals surface area contributed by atoms with E-state index in [0.717, 1.165) is 51.9 Å². The van der Waals surface area contributed by atoms with Gasteiger partial charge in [-0.1, -0.05) is 19.9 Å². The maximum atomic E-state index is 6.04. The monoisotopic (exact) mass is 392 g/mol. The molecule has 0 saturated carbocycles. The van der Waals surface area contributed by atoms with Crippen molar-refractivity contribution in [2.24, 2.45) is 5.92 Å². The van der Waals surface area contributed by atoms with Crippen molar-refractivity contribution < 1.29 is 4.74 Å². The largest absolute Gasteiger partial charge is 0.492 e. The number of benzene rings is 1. The fourth-order valence-corrected chi connectivity index (χ4v) is 4.51. The first kappa shape index (κ1) is 17.1. The van der Waals surface area contributed by atoms with Crippen molar-refractivity contribution in [1.82, 2.24) is 29.9 Å². The molecule has 0 fully saturated rings. The molecular formula is C20H20N6OS. The van der Waals surface area contributed by atoms with Gasteiger partial charge in [0.25, 0.3) is 0 Å². The minimum absolute atomic E-state index is 0.517. The molecule has 0 aliphatic carbocycles. The molecule has 0 unspecified atom stereocenters. The smallest absolute Gasteiger partial charge is 0.192 e. The van der Waals surface area contributed by atoms with Crippen LogP contribution in [0.5, 0.6) is 5.75 Å². The van der Waals surface area contributed by atoms with Crippen LogP contribution in [0.25, 0.3) is 33.2 Å². The Morgan fingerprint density at radius 2 is 2.21 bits per heavy atom. The molecule has 0 bridgehead atoms. The Morgan fingerprint density at radius 1 is 1.29 bits per heavy atom. The standard InChI is InChI=1S/C20H20N6OS/c1-12(2)10-26-11-23-25-19(26)20-24-18-15-4-3-13(14-8-21-22-9-14)7-16(15)27-6-5-17(18)28-20/h3-4,7-9,11-12H,5-6,10H2,1-2H3,(H,21,22). The van der Waals surface area contributed by atoms with Crippen molar-refractivity contribution in [3.05, 3.63) is 41.8 Å². The Bertz CT molecular complexity index is 1110. The third-order valence-corrected chi connectivity index (χ3v) is 5.83. The molecule has 142 valence electrons. The van der Waals surface area contributed by atoms with Crippen LogP contribution >= 0.6 is 11.3 Å². The van der Waals surface area contributed by atoms with E-state index in [0.29, 0.717) is 12.5 Å². The number of H-pyrrole nitrogens is 1. The Kier molecular flexibility index (Phi) is 4.20. The third kappa shape index (κ3) is 2.99. The number of aromatic nitrogens is 6. The number of ether oxygens (including phenoxy) is 1. The van der Waals surface area contributed by atoms with Gasteiger partial charge in [0.2, 0.25) is 0 Å². The van der Waals surface area contributed by atoms with Gasteiger partial charge in [0, 0.05) is 35.2 Å². The maximum Gasteiger partial charge on any atom is 0.192 e. The molecule has 0 amide bonds. The van der Waals surface area contributed by atoms with E-state index in [2.05, 4.69) is 57.0 Å². The molecule has 1 aliphatic rings. The molecule has 0 saturated heterocycles. The number of hydrogen-bond acceptors (Lipinski definition) is 6. The second-order valence-electron chi connectivity index (χ2n) is 7.29. The molecule has 1 N–H and O–H groups in total. The van der Waals surface area contributed by atoms with Gasteiger partial charge in [-0.3, -0.25) is 5.10 Å². The molecule has 1 aliphatic heterocycles. The first-order chi connectivity index (χ1) is 13.7. The van der Waals surface area contributed by atoms with E-state index in [9.17, 15) is 0 Å². The van der Waals surface area contributed by atoms with Crippen molar-refractivity contribution in [2.75, 3.05) is 6.61 Å². The fourth-order valence-electron chi connectivity index (χ4n) is 3.45. The van der Waals surface area contributed by atoms with E-state index < -0.39 is 0 Å². The molecule has 0 radical (unpaired) electrons. The summed E-state index contributed by atoms with van der Waals surface area (Å²) in [6.07, 6.45) is 6.32. The van der Waals surface area contributed by atoms with Gasteiger partial charge in [0.15, 0.2) is 10.8 Å². The number of thiazole rings is 1. The van der Waals surface area contributed by atoms with Crippen molar-refractivity contribution >= 4 is 11.3 Å². The second kappa shape index (κ2) is 6.87. The summed E-state index contributed by atoms with van der Waals surface area (Å²) in [6.45, 7) is 5.88. The highest BCUT2D eigenvalue weighted by Gasteiger charge is 2.23. The lowest BCUT2D eigenvalue weighted by atomic mass is 10.0. The van der Waals surface area contributed by atoms with Crippen LogP contribution in [0, 0.1) is 5.92 Å². The van der Waals surface area contributed by atoms with Gasteiger partial charge in [-0.25, -0.2) is 4.98 Å². The Hall–Kier alpha value is -3.00. The highest BCUT2D eigenvalue weighted by atomic mass is 32.1. The molecule has 7 nitrogen and oxygen atoms in total. The van der Waals surface area contributed by atoms with Gasteiger partial charge >= 0.3 is 0 Å². The van der Waals surface area contributed by atoms with E-state index in [4.69, 9.17) is 9.72 Å². The summed E-state index contributed by atoms with van der Waals surface area (Å²) >= 11 is 1.68. The zero-order chi connectivity index (χ0) is 19.1. The zero-order valence-corrected chi connectivity index (χ0v) is 16.5. The lowest BCUT2D eigenvalue weighted by molar-refractivity contribution is 0.327. The summed E-state index contributed by atoms with van der Waals surface area (Å²) in [5.41, 5.74) is 4.13. The van der Waals surface area contributed by atoms with Gasteiger partial charge in [-0.05, 0) is 23.6 Å². The highest BCUT2D eigenvalue weighted by molar-refractivity contribution is 7.15. The molecular weight excluding hydrogens is 372 g/mol. The number of fused-ring (bicyclic) bond motifs is 3. The predicted molar refractivity (Wildman–Crippen MR) is 108 cm³/mol. The minimum atomic E-state index is 0.517. The molecule has 8 heteroatoms. The normalized spacial score (nSPS) is 13.1. The summed E-state index contributed by atoms with van der Waals surface area (Å²) < 4.78 is 8.12. The van der Waals surface area contributed by atoms with Crippen molar-refractivity contribution in [1.29, 1.82) is 0 Å². The summed E-state index contributed by atoms with van der Waals surface area (Å²) in [6, 6.07) is 6.24. The van der Waals surface area contributed by atoms with E-state index in [-0.39, 0.29) is 0 Å². The van der Waals surface area contributed by atoms with E-state index in [1.807, 2.05) is 12.4 Å². The number of hydrogen-bond donors (Lipinski definition) is 1. The van der Waals surface area contributed by atoms with Crippen molar-refractivity contribution in [2.45, 2.75) is 26.8 Å². The summed E-state index contributed by atoms with van der Waals surface area (Å²) in [5.74, 6) is 2.21. The van der Waals surface area contributed by atoms with Crippen LogP contribution in [-0.4, -0.2) is 36.6 Å². The molecule has 1 aromatic carbocycles. The number of nitrogens with one attached hydrogen (secondary N) is 1. The maximum absolute atomic E-state index is 6.04. The van der Waals surface area contributed by atoms with Crippen LogP contribution in [0.2, 0.25) is 0 Å². The van der Waals surface area contributed by atoms with Gasteiger partial charge in [0.1, 0.15) is 12.1 Å². The van der Waals surface area contributed by atoms with Crippen LogP contribution in [-0.2, 0) is 13.0 Å². The van der Waals surface area contributed by atoms with Crippen molar-refractivity contribution in [3.63, 3.8) is 0 Å². The van der Waals surface area contributed by atoms with E-state index in [1.54, 1.807) is 17.7 Å². The molecule has 0 atom stereocenters. The zero-order valence-electron chi connectivity index (χ0n) is 15.7. The van der Waals surface area contributed by atoms with Gasteiger partial charge < -0.3 is 9.30 Å². The van der Waals surface area contributed by atoms with Crippen LogP contribution in [0.1, 0.15) is 18.7 Å². The quantitative estimate of drug-likeness (QED) is 0.567. The average molecular weight is 392 g/mol. The lowest BCUT2D eigenvalue weighted by Gasteiger charge is -2.09. The third-order valence-electron chi connectivity index (χ3n) is 4.72. The predicted octanol–water partition coefficient (Wildman–Crippen LogP) is 4.05. The summed E-state index contributed by atoms with van der Waals surface area (Å²) in [7, 11) is 0. The van der Waals surface area contributed by atoms with Crippen LogP contribution in [0.4, 0.5) is 0 Å². The minimum Gasteiger partial charge on any atom is -0.492 e. The molecule has 3 aromatic heterocycles. The first-order valence-electron chi connectivity index (χ1n) is 9.33. The molecule has 4 aromatic rings. The Labute approximate surface area is 166 Å². The number of nitrogens with zero attached hydrogens (tertiary/aromatic N) is 5. The SMILES string of the molecule is CC(C)Cn1cnnc1-c1nc2c(s1)CCOc1cc(-c3cn[nH]c3)ccc1-2. The van der Waals surface area contributed by atoms with Crippen LogP contribution in [0.15, 0.2) is 36.9 Å². The second-order valence-corrected chi connectivity index (χ2v) is 8.37. The van der Waals surface area contributed by atoms with Gasteiger partial charge in [-0.15, -0.1) is 21.5 Å². The number of rotatable bonds is 4. The van der Waals surface area contributed by atoms with Crippen LogP contribution < -0.4 is 4.74 Å². The molecule has 28 heavy (non-hydrogen) atoms. The van der Waals surface area contributed by atoms with Gasteiger partial charge in [0.05, 0.1) is 18.5 Å². The fraction of sp³-hybridized carbons (Fsp3) is 0.300. The van der Waals surface area contributed by atoms with Gasteiger partial charge in [-0.2, -0.15) is 5.10 Å². The summed E-state index contributed by atoms with van der Waals surface area (Å²) in [5, 5.41) is 16.2. The molecule has 5 rings (SSSR count). The van der Waals surface area contributed by atoms with Crippen molar-refractivity contribution in [3.8, 4) is 39.0 Å². The Morgan fingerprint density at radius 3 is 3.04 bits per heavy atom. The average Bonchev–Trinajstić information content (AvgIpc) is 3.41. The number of aromatic amines is 1. The van der Waals surface area contributed by atoms with Crippen LogP contribution in [0.3, 0.4) is 0 Å². The first-order valence-corrected chi connectivity index (χ1v) is 10.1. The summed E-state index contributed by atoms with van der Waals surface area (Å²) in [4.78, 5) is 6.18. The molecule has 4 heterocycles. The molecule has 0 spiro atoms. The topological polar surface area (TPSA) is 81.5 Å². The van der Waals surface area contributed by atoms with E-state index >= 15 is 0 Å². The highest BCUT2D eigenvalue weighted by Crippen LogP contribution is 2.41. The van der Waals surface area contributed by atoms with E-state index in [1.165, 1.54) is 4.88 Å². The Balaban J connectivity index is 1.57.